The van der Waals surface area contributed by atoms with Crippen molar-refractivity contribution in [2.75, 3.05) is 16.6 Å². The molecule has 0 fully saturated rings. The molecule has 0 radical (unpaired) electrons. The van der Waals surface area contributed by atoms with E-state index < -0.39 is 11.7 Å². The number of halogens is 3. The quantitative estimate of drug-likeness (QED) is 0.250. The van der Waals surface area contributed by atoms with Crippen LogP contribution in [0, 0.1) is 0 Å². The van der Waals surface area contributed by atoms with Crippen LogP contribution in [0.25, 0.3) is 5.57 Å². The summed E-state index contributed by atoms with van der Waals surface area (Å²) in [7, 11) is 0. The van der Waals surface area contributed by atoms with Crippen LogP contribution in [0.4, 0.5) is 24.8 Å². The summed E-state index contributed by atoms with van der Waals surface area (Å²) in [6.45, 7) is 8.13. The van der Waals surface area contributed by atoms with E-state index in [0.717, 1.165) is 25.5 Å². The smallest absolute Gasteiger partial charge is 0.370 e. The van der Waals surface area contributed by atoms with Crippen molar-refractivity contribution >= 4 is 29.2 Å². The van der Waals surface area contributed by atoms with E-state index in [2.05, 4.69) is 33.2 Å². The third kappa shape index (κ3) is 6.01. The molecule has 1 aliphatic rings. The second kappa shape index (κ2) is 10.3. The fourth-order valence-corrected chi connectivity index (χ4v) is 3.66. The first-order valence-electron chi connectivity index (χ1n) is 9.79. The Balaban J connectivity index is 1.82. The van der Waals surface area contributed by atoms with Crippen molar-refractivity contribution in [2.24, 2.45) is 0 Å². The number of anilines is 2. The molecule has 0 saturated carbocycles. The van der Waals surface area contributed by atoms with Gasteiger partial charge in [0.15, 0.2) is 0 Å². The first-order valence-corrected chi connectivity index (χ1v) is 10.6. The third-order valence-corrected chi connectivity index (χ3v) is 5.25. The zero-order chi connectivity index (χ0) is 22.3. The van der Waals surface area contributed by atoms with Crippen LogP contribution >= 0.6 is 11.9 Å². The average Bonchev–Trinajstić information content (AvgIpc) is 2.77. The summed E-state index contributed by atoms with van der Waals surface area (Å²) >= 11 is 1.18. The number of pyridine rings is 2. The molecule has 0 bridgehead atoms. The molecule has 0 saturated heterocycles. The maximum atomic E-state index is 13.6. The van der Waals surface area contributed by atoms with Gasteiger partial charge in [-0.05, 0) is 49.1 Å². The fraction of sp³-hybridized carbons (Fsp3) is 0.217. The molecule has 0 aliphatic heterocycles. The Hall–Kier alpha value is -3.00. The maximum absolute atomic E-state index is 13.6. The standard InChI is InChI=1S/C23H23F3N4S/c1-3-5-15-27-19-11-8-12-21(28-19)31-30-20-14-13-18(23(24,25)26)22(29-20)17-10-7-6-9-16(17)4-2/h3-4,8-14H,1-2,5-7,15H2,(H,27,28)(H,29,30). The molecule has 31 heavy (non-hydrogen) atoms. The molecule has 2 N–H and O–H groups in total. The summed E-state index contributed by atoms with van der Waals surface area (Å²) in [6, 6.07) is 7.89. The predicted molar refractivity (Wildman–Crippen MR) is 122 cm³/mol. The number of alkyl halides is 3. The van der Waals surface area contributed by atoms with E-state index in [0.29, 0.717) is 34.2 Å². The van der Waals surface area contributed by atoms with Crippen molar-refractivity contribution < 1.29 is 13.2 Å². The summed E-state index contributed by atoms with van der Waals surface area (Å²) in [4.78, 5) is 8.76. The first-order chi connectivity index (χ1) is 14.9. The lowest BCUT2D eigenvalue weighted by molar-refractivity contribution is -0.138. The van der Waals surface area contributed by atoms with Crippen LogP contribution in [0.3, 0.4) is 0 Å². The maximum Gasteiger partial charge on any atom is 0.418 e. The Morgan fingerprint density at radius 1 is 1.03 bits per heavy atom. The van der Waals surface area contributed by atoms with E-state index in [1.54, 1.807) is 12.2 Å². The number of nitrogens with one attached hydrogen (secondary N) is 2. The number of rotatable bonds is 9. The number of aromatic nitrogens is 2. The molecule has 2 heterocycles. The molecule has 1 aliphatic carbocycles. The van der Waals surface area contributed by atoms with Gasteiger partial charge in [-0.25, -0.2) is 9.97 Å². The van der Waals surface area contributed by atoms with Gasteiger partial charge in [-0.1, -0.05) is 36.9 Å². The number of nitrogens with zero attached hydrogens (tertiary/aromatic N) is 2. The zero-order valence-electron chi connectivity index (χ0n) is 16.9. The van der Waals surface area contributed by atoms with Gasteiger partial charge in [-0.2, -0.15) is 13.2 Å². The molecule has 2 aromatic rings. The summed E-state index contributed by atoms with van der Waals surface area (Å²) < 4.78 is 43.9. The van der Waals surface area contributed by atoms with Crippen molar-refractivity contribution in [3.05, 3.63) is 84.6 Å². The fourth-order valence-electron chi connectivity index (χ4n) is 3.05. The van der Waals surface area contributed by atoms with E-state index in [1.807, 2.05) is 30.4 Å². The summed E-state index contributed by atoms with van der Waals surface area (Å²) in [6.07, 6.45) is 4.78. The van der Waals surface area contributed by atoms with E-state index in [9.17, 15) is 13.2 Å². The largest absolute Gasteiger partial charge is 0.418 e. The Kier molecular flexibility index (Phi) is 7.57. The first kappa shape index (κ1) is 22.7. The van der Waals surface area contributed by atoms with E-state index in [1.165, 1.54) is 18.0 Å². The summed E-state index contributed by atoms with van der Waals surface area (Å²) in [5.74, 6) is 1.03. The van der Waals surface area contributed by atoms with Gasteiger partial charge in [0.1, 0.15) is 16.7 Å². The van der Waals surface area contributed by atoms with Gasteiger partial charge in [0, 0.05) is 24.1 Å². The third-order valence-electron chi connectivity index (χ3n) is 4.50. The highest BCUT2D eigenvalue weighted by Crippen LogP contribution is 2.39. The average molecular weight is 445 g/mol. The van der Waals surface area contributed by atoms with Crippen molar-refractivity contribution in [1.29, 1.82) is 0 Å². The van der Waals surface area contributed by atoms with Crippen molar-refractivity contribution in [2.45, 2.75) is 30.5 Å². The normalized spacial score (nSPS) is 13.8. The number of hydrogen-bond acceptors (Lipinski definition) is 5. The van der Waals surface area contributed by atoms with Gasteiger partial charge in [0.2, 0.25) is 0 Å². The SMILES string of the molecule is C=CCCNc1cccc(SNc2ccc(C(F)(F)F)c(C3=CCCC=C3C=C)n2)n1. The molecule has 0 atom stereocenters. The van der Waals surface area contributed by atoms with Crippen LogP contribution in [0.5, 0.6) is 0 Å². The van der Waals surface area contributed by atoms with Crippen molar-refractivity contribution in [3.8, 4) is 0 Å². The lowest BCUT2D eigenvalue weighted by Crippen LogP contribution is -2.12. The zero-order valence-corrected chi connectivity index (χ0v) is 17.7. The highest BCUT2D eigenvalue weighted by Gasteiger charge is 2.35. The van der Waals surface area contributed by atoms with E-state index >= 15 is 0 Å². The van der Waals surface area contributed by atoms with Crippen molar-refractivity contribution in [3.63, 3.8) is 0 Å². The topological polar surface area (TPSA) is 49.8 Å². The molecule has 4 nitrogen and oxygen atoms in total. The minimum atomic E-state index is -4.51. The Morgan fingerprint density at radius 2 is 1.84 bits per heavy atom. The lowest BCUT2D eigenvalue weighted by Gasteiger charge is -2.19. The molecule has 3 rings (SSSR count). The molecule has 8 heteroatoms. The molecule has 0 unspecified atom stereocenters. The molecule has 2 aromatic heterocycles. The summed E-state index contributed by atoms with van der Waals surface area (Å²) in [5.41, 5.74) is 0.245. The highest BCUT2D eigenvalue weighted by atomic mass is 32.2. The second-order valence-electron chi connectivity index (χ2n) is 6.72. The monoisotopic (exact) mass is 444 g/mol. The second-order valence-corrected chi connectivity index (χ2v) is 7.54. The van der Waals surface area contributed by atoms with Crippen LogP contribution in [0.15, 0.2) is 78.4 Å². The molecule has 0 spiro atoms. The Bertz CT molecular complexity index is 1010. The van der Waals surface area contributed by atoms with Gasteiger partial charge >= 0.3 is 6.18 Å². The number of allylic oxidation sites excluding steroid dienone is 5. The summed E-state index contributed by atoms with van der Waals surface area (Å²) in [5, 5.41) is 3.85. The van der Waals surface area contributed by atoms with Gasteiger partial charge in [0.05, 0.1) is 11.3 Å². The van der Waals surface area contributed by atoms with Gasteiger partial charge in [-0.15, -0.1) is 6.58 Å². The van der Waals surface area contributed by atoms with Crippen LogP contribution in [-0.2, 0) is 6.18 Å². The van der Waals surface area contributed by atoms with E-state index in [-0.39, 0.29) is 5.69 Å². The molecular weight excluding hydrogens is 421 g/mol. The van der Waals surface area contributed by atoms with Crippen LogP contribution in [0.1, 0.15) is 30.5 Å². The molecule has 162 valence electrons. The van der Waals surface area contributed by atoms with Gasteiger partial charge in [-0.3, -0.25) is 0 Å². The Labute approximate surface area is 184 Å². The van der Waals surface area contributed by atoms with Crippen LogP contribution < -0.4 is 10.0 Å². The van der Waals surface area contributed by atoms with E-state index in [4.69, 9.17) is 0 Å². The minimum Gasteiger partial charge on any atom is -0.370 e. The van der Waals surface area contributed by atoms with Gasteiger partial charge in [0.25, 0.3) is 0 Å². The van der Waals surface area contributed by atoms with Crippen LogP contribution in [-0.4, -0.2) is 16.5 Å². The minimum absolute atomic E-state index is 0.100. The molecular formula is C23H23F3N4S. The highest BCUT2D eigenvalue weighted by molar-refractivity contribution is 8.00. The molecule has 0 aromatic carbocycles. The Morgan fingerprint density at radius 3 is 2.58 bits per heavy atom. The number of hydrogen-bond donors (Lipinski definition) is 2. The molecule has 0 amide bonds. The van der Waals surface area contributed by atoms with Gasteiger partial charge < -0.3 is 10.0 Å². The van der Waals surface area contributed by atoms with Crippen molar-refractivity contribution in [1.82, 2.24) is 9.97 Å². The lowest BCUT2D eigenvalue weighted by atomic mass is 9.92. The predicted octanol–water partition coefficient (Wildman–Crippen LogP) is 6.89. The van der Waals surface area contributed by atoms with Crippen LogP contribution in [0.2, 0.25) is 0 Å².